The number of aryl methyl sites for hydroxylation is 2. The van der Waals surface area contributed by atoms with Gasteiger partial charge in [0.05, 0.1) is 0 Å². The van der Waals surface area contributed by atoms with Crippen molar-refractivity contribution in [1.82, 2.24) is 34.7 Å². The van der Waals surface area contributed by atoms with E-state index in [0.717, 1.165) is 74.5 Å². The van der Waals surface area contributed by atoms with Crippen molar-refractivity contribution < 1.29 is 4.73 Å². The molecule has 0 atom stereocenters. The summed E-state index contributed by atoms with van der Waals surface area (Å²) in [7, 11) is 0. The summed E-state index contributed by atoms with van der Waals surface area (Å²) in [6, 6.07) is 48.4. The Kier molecular flexibility index (Phi) is 9.83. The van der Waals surface area contributed by atoms with E-state index in [2.05, 4.69) is 148 Å². The molecule has 0 N–H and O–H groups in total. The minimum Gasteiger partial charge on any atom is -0.618 e. The average Bonchev–Trinajstić information content (AvgIpc) is 3.88. The van der Waals surface area contributed by atoms with Crippen molar-refractivity contribution >= 4 is 0 Å². The minimum absolute atomic E-state index is 0.548. The van der Waals surface area contributed by atoms with Gasteiger partial charge in [0.15, 0.2) is 11.5 Å². The molecule has 0 saturated carbocycles. The fourth-order valence-corrected chi connectivity index (χ4v) is 7.45. The second kappa shape index (κ2) is 15.3. The van der Waals surface area contributed by atoms with Gasteiger partial charge in [-0.25, -0.2) is 14.6 Å². The van der Waals surface area contributed by atoms with Crippen molar-refractivity contribution in [3.8, 4) is 33.9 Å². The maximum Gasteiger partial charge on any atom is 0.217 e. The topological polar surface area (TPSA) is 101 Å². The average molecular weight is 723 g/mol. The van der Waals surface area contributed by atoms with Gasteiger partial charge in [0.25, 0.3) is 0 Å². The molecule has 0 saturated heterocycles. The fourth-order valence-electron chi connectivity index (χ4n) is 7.45. The summed E-state index contributed by atoms with van der Waals surface area (Å²) in [6.45, 7) is 6.47. The van der Waals surface area contributed by atoms with Gasteiger partial charge in [0, 0.05) is 31.6 Å². The summed E-state index contributed by atoms with van der Waals surface area (Å²) in [5.74, 6) is 1.66. The normalized spacial score (nSPS) is 11.5. The molecule has 0 bridgehead atoms. The number of aromatic nitrogens is 8. The first kappa shape index (κ1) is 35.3. The molecule has 0 fully saturated rings. The van der Waals surface area contributed by atoms with Crippen molar-refractivity contribution in [3.63, 3.8) is 0 Å². The molecule has 0 amide bonds. The van der Waals surface area contributed by atoms with Gasteiger partial charge in [-0.15, -0.1) is 5.10 Å². The molecular weight excluding hydrogens is 681 g/mol. The maximum atomic E-state index is 12.5. The van der Waals surface area contributed by atoms with Crippen LogP contribution in [0, 0.1) is 19.1 Å². The maximum absolute atomic E-state index is 12.5. The summed E-state index contributed by atoms with van der Waals surface area (Å²) in [5, 5.41) is 26.0. The molecule has 8 rings (SSSR count). The van der Waals surface area contributed by atoms with Gasteiger partial charge in [-0.3, -0.25) is 0 Å². The van der Waals surface area contributed by atoms with Gasteiger partial charge >= 0.3 is 0 Å². The Morgan fingerprint density at radius 2 is 1.22 bits per heavy atom. The van der Waals surface area contributed by atoms with Crippen LogP contribution in [0.3, 0.4) is 0 Å². The molecule has 0 unspecified atom stereocenters. The standard InChI is InChI=1S/C46H42N8O/c1-4-5-21-43-48-42(44-34(3)53(55)30-33(2)47-44)32-52(43)31-35-22-24-36(25-23-35)37-26-28-38(29-27-37)45-49-50-51-54(45)46(39-15-9-6-10-16-39,40-17-11-7-12-18-40)41-19-13-8-14-20-41/h6-20,22-30,32H,4-5,21,31H2,1-3H3. The summed E-state index contributed by atoms with van der Waals surface area (Å²) in [6.07, 6.45) is 6.49. The van der Waals surface area contributed by atoms with Crippen LogP contribution in [0.2, 0.25) is 0 Å². The Balaban J connectivity index is 1.10. The van der Waals surface area contributed by atoms with Gasteiger partial charge in [-0.05, 0) is 57.2 Å². The second-order valence-corrected chi connectivity index (χ2v) is 13.9. The van der Waals surface area contributed by atoms with E-state index in [0.29, 0.717) is 29.5 Å². The van der Waals surface area contributed by atoms with Gasteiger partial charge in [-0.1, -0.05) is 153 Å². The lowest BCUT2D eigenvalue weighted by Crippen LogP contribution is -2.39. The van der Waals surface area contributed by atoms with E-state index < -0.39 is 5.54 Å². The lowest BCUT2D eigenvalue weighted by Gasteiger charge is -2.36. The highest BCUT2D eigenvalue weighted by Crippen LogP contribution is 2.42. The van der Waals surface area contributed by atoms with Crippen LogP contribution in [0.4, 0.5) is 0 Å². The highest BCUT2D eigenvalue weighted by Gasteiger charge is 2.41. The van der Waals surface area contributed by atoms with Crippen LogP contribution in [0.25, 0.3) is 33.9 Å². The predicted molar refractivity (Wildman–Crippen MR) is 215 cm³/mol. The van der Waals surface area contributed by atoms with E-state index in [9.17, 15) is 5.21 Å². The monoisotopic (exact) mass is 722 g/mol. The van der Waals surface area contributed by atoms with E-state index in [1.165, 1.54) is 6.20 Å². The molecule has 0 radical (unpaired) electrons. The molecule has 55 heavy (non-hydrogen) atoms. The fraction of sp³-hybridized carbons (Fsp3) is 0.174. The van der Waals surface area contributed by atoms with Crippen LogP contribution in [0.5, 0.6) is 0 Å². The first-order valence-electron chi connectivity index (χ1n) is 18.7. The van der Waals surface area contributed by atoms with Crippen LogP contribution < -0.4 is 4.73 Å². The van der Waals surface area contributed by atoms with E-state index in [4.69, 9.17) is 10.2 Å². The Hall–Kier alpha value is -6.74. The zero-order valence-corrected chi connectivity index (χ0v) is 31.2. The number of imidazole rings is 1. The number of benzene rings is 5. The van der Waals surface area contributed by atoms with Crippen molar-refractivity contribution in [2.45, 2.75) is 52.1 Å². The summed E-state index contributed by atoms with van der Waals surface area (Å²) in [5.41, 5.74) is 9.19. The number of nitrogens with zero attached hydrogens (tertiary/aromatic N) is 8. The first-order chi connectivity index (χ1) is 26.9. The second-order valence-electron chi connectivity index (χ2n) is 13.9. The molecule has 8 aromatic rings. The molecule has 0 spiro atoms. The zero-order chi connectivity index (χ0) is 37.8. The SMILES string of the molecule is CCCCc1nc(-c2nc(C)c[n+]([O-])c2C)cn1Cc1ccc(-c2ccc(-c3nnnn3C(c3ccccc3)(c3ccccc3)c3ccccc3)cc2)cc1. The molecule has 9 heteroatoms. The summed E-state index contributed by atoms with van der Waals surface area (Å²) >= 11 is 0. The quantitative estimate of drug-likeness (QED) is 0.0710. The third-order valence-electron chi connectivity index (χ3n) is 10.3. The lowest BCUT2D eigenvalue weighted by molar-refractivity contribution is -0.612. The van der Waals surface area contributed by atoms with Crippen molar-refractivity contribution in [2.75, 3.05) is 0 Å². The molecule has 0 aliphatic heterocycles. The third kappa shape index (κ3) is 6.81. The minimum atomic E-state index is -0.823. The molecule has 3 heterocycles. The van der Waals surface area contributed by atoms with E-state index in [1.54, 1.807) is 6.92 Å². The van der Waals surface area contributed by atoms with Crippen LogP contribution in [0.15, 0.2) is 152 Å². The van der Waals surface area contributed by atoms with Gasteiger partial charge in [0.1, 0.15) is 22.8 Å². The Bertz CT molecular complexity index is 2410. The van der Waals surface area contributed by atoms with Crippen LogP contribution >= 0.6 is 0 Å². The van der Waals surface area contributed by atoms with Crippen LogP contribution in [0.1, 0.15) is 59.2 Å². The van der Waals surface area contributed by atoms with Gasteiger partial charge in [-0.2, -0.15) is 4.73 Å². The zero-order valence-electron chi connectivity index (χ0n) is 31.2. The molecule has 9 nitrogen and oxygen atoms in total. The number of tetrazole rings is 1. The number of unbranched alkanes of at least 4 members (excludes halogenated alkanes) is 1. The van der Waals surface area contributed by atoms with Crippen molar-refractivity contribution in [1.29, 1.82) is 0 Å². The third-order valence-corrected chi connectivity index (χ3v) is 10.3. The van der Waals surface area contributed by atoms with Gasteiger partial charge in [0.2, 0.25) is 11.9 Å². The lowest BCUT2D eigenvalue weighted by atomic mass is 9.77. The molecule has 0 aliphatic rings. The van der Waals surface area contributed by atoms with E-state index in [1.807, 2.05) is 36.0 Å². The molecule has 272 valence electrons. The van der Waals surface area contributed by atoms with E-state index in [-0.39, 0.29) is 0 Å². The van der Waals surface area contributed by atoms with Gasteiger partial charge < -0.3 is 9.77 Å². The summed E-state index contributed by atoms with van der Waals surface area (Å²) < 4.78 is 5.03. The Morgan fingerprint density at radius 1 is 0.673 bits per heavy atom. The number of hydrogen-bond acceptors (Lipinski definition) is 6. The molecular formula is C46H42N8O. The predicted octanol–water partition coefficient (Wildman–Crippen LogP) is 8.75. The first-order valence-corrected chi connectivity index (χ1v) is 18.7. The highest BCUT2D eigenvalue weighted by molar-refractivity contribution is 5.68. The highest BCUT2D eigenvalue weighted by atomic mass is 16.5. The molecule has 0 aliphatic carbocycles. The van der Waals surface area contributed by atoms with Crippen LogP contribution in [-0.4, -0.2) is 34.7 Å². The molecule has 5 aromatic carbocycles. The van der Waals surface area contributed by atoms with Crippen LogP contribution in [-0.2, 0) is 18.5 Å². The van der Waals surface area contributed by atoms with Crippen molar-refractivity contribution in [3.05, 3.63) is 197 Å². The van der Waals surface area contributed by atoms with E-state index >= 15 is 0 Å². The molecule has 3 aromatic heterocycles. The summed E-state index contributed by atoms with van der Waals surface area (Å²) in [4.78, 5) is 9.62. The Labute approximate surface area is 321 Å². The Morgan fingerprint density at radius 3 is 1.78 bits per heavy atom. The largest absolute Gasteiger partial charge is 0.618 e. The number of rotatable bonds is 12. The smallest absolute Gasteiger partial charge is 0.217 e. The van der Waals surface area contributed by atoms with Crippen molar-refractivity contribution in [2.24, 2.45) is 0 Å². The number of hydrogen-bond donors (Lipinski definition) is 0.